The van der Waals surface area contributed by atoms with Crippen molar-refractivity contribution in [2.45, 2.75) is 39.2 Å². The molecule has 0 bridgehead atoms. The second-order valence-electron chi connectivity index (χ2n) is 6.02. The molecule has 5 heteroatoms. The van der Waals surface area contributed by atoms with E-state index in [-0.39, 0.29) is 17.6 Å². The molecule has 0 spiro atoms. The molecule has 5 nitrogen and oxygen atoms in total. The molecule has 0 saturated heterocycles. The molecule has 1 unspecified atom stereocenters. The minimum atomic E-state index is -0.613. The van der Waals surface area contributed by atoms with Gasteiger partial charge >= 0.3 is 0 Å². The van der Waals surface area contributed by atoms with E-state index >= 15 is 0 Å². The van der Waals surface area contributed by atoms with Crippen molar-refractivity contribution in [3.8, 4) is 0 Å². The Bertz CT molecular complexity index is 647. The van der Waals surface area contributed by atoms with Crippen molar-refractivity contribution in [1.82, 2.24) is 10.2 Å². The van der Waals surface area contributed by atoms with Crippen LogP contribution in [-0.4, -0.2) is 35.8 Å². The highest BCUT2D eigenvalue weighted by molar-refractivity contribution is 5.95. The minimum Gasteiger partial charge on any atom is -0.459 e. The first kappa shape index (κ1) is 18.8. The summed E-state index contributed by atoms with van der Waals surface area (Å²) in [5.74, 6) is -0.205. The Morgan fingerprint density at radius 3 is 2.28 bits per heavy atom. The highest BCUT2D eigenvalue weighted by Crippen LogP contribution is 2.09. The fraction of sp³-hybridized carbons (Fsp3) is 0.400. The first-order valence-corrected chi connectivity index (χ1v) is 8.82. The summed E-state index contributed by atoms with van der Waals surface area (Å²) in [5.41, 5.74) is 1.01. The number of carbonyl (C=O) groups excluding carboxylic acids is 2. The molecule has 1 atom stereocenters. The second-order valence-corrected chi connectivity index (χ2v) is 6.02. The number of nitrogens with one attached hydrogen (secondary N) is 1. The number of hydrogen-bond donors (Lipinski definition) is 1. The van der Waals surface area contributed by atoms with Crippen LogP contribution >= 0.6 is 0 Å². The van der Waals surface area contributed by atoms with Crippen LogP contribution in [0.4, 0.5) is 0 Å². The van der Waals surface area contributed by atoms with E-state index in [1.807, 2.05) is 49.1 Å². The second kappa shape index (κ2) is 9.67. The number of amides is 2. The number of nitrogens with zero attached hydrogens (tertiary/aromatic N) is 1. The largest absolute Gasteiger partial charge is 0.459 e. The van der Waals surface area contributed by atoms with Gasteiger partial charge in [0, 0.05) is 19.5 Å². The van der Waals surface area contributed by atoms with Crippen molar-refractivity contribution in [2.75, 3.05) is 13.1 Å². The zero-order valence-corrected chi connectivity index (χ0v) is 14.9. The molecule has 1 aromatic heterocycles. The maximum Gasteiger partial charge on any atom is 0.287 e. The molecular weight excluding hydrogens is 316 g/mol. The molecule has 2 amide bonds. The molecule has 1 N–H and O–H groups in total. The van der Waals surface area contributed by atoms with Crippen molar-refractivity contribution < 1.29 is 14.0 Å². The molecule has 0 aliphatic rings. The molecule has 134 valence electrons. The molecule has 2 aromatic rings. The van der Waals surface area contributed by atoms with Gasteiger partial charge in [0.25, 0.3) is 5.91 Å². The lowest BCUT2D eigenvalue weighted by Gasteiger charge is -2.27. The smallest absolute Gasteiger partial charge is 0.287 e. The Labute approximate surface area is 149 Å². The molecule has 0 fully saturated rings. The zero-order chi connectivity index (χ0) is 18.1. The van der Waals surface area contributed by atoms with Crippen LogP contribution in [0.3, 0.4) is 0 Å². The zero-order valence-electron chi connectivity index (χ0n) is 14.9. The average Bonchev–Trinajstić information content (AvgIpc) is 3.16. The Kier molecular flexibility index (Phi) is 7.26. The average molecular weight is 342 g/mol. The normalized spacial score (nSPS) is 11.8. The maximum atomic E-state index is 13.0. The summed E-state index contributed by atoms with van der Waals surface area (Å²) in [6.07, 6.45) is 3.67. The van der Waals surface area contributed by atoms with E-state index in [9.17, 15) is 9.59 Å². The van der Waals surface area contributed by atoms with E-state index in [1.165, 1.54) is 6.26 Å². The first-order valence-electron chi connectivity index (χ1n) is 8.82. The summed E-state index contributed by atoms with van der Waals surface area (Å²) >= 11 is 0. The van der Waals surface area contributed by atoms with Gasteiger partial charge in [-0.1, -0.05) is 44.2 Å². The summed E-state index contributed by atoms with van der Waals surface area (Å²) in [5, 5.41) is 2.84. The summed E-state index contributed by atoms with van der Waals surface area (Å²) < 4.78 is 5.14. The Hall–Kier alpha value is -2.56. The molecule has 1 heterocycles. The van der Waals surface area contributed by atoms with Gasteiger partial charge in [-0.2, -0.15) is 0 Å². The van der Waals surface area contributed by atoms with E-state index in [0.29, 0.717) is 19.5 Å². The van der Waals surface area contributed by atoms with Gasteiger partial charge in [-0.25, -0.2) is 0 Å². The maximum absolute atomic E-state index is 13.0. The topological polar surface area (TPSA) is 62.6 Å². The van der Waals surface area contributed by atoms with Gasteiger partial charge in [0.15, 0.2) is 5.76 Å². The Morgan fingerprint density at radius 1 is 1.04 bits per heavy atom. The molecule has 1 aromatic carbocycles. The standard InChI is InChI=1S/C20H26N2O3/c1-3-12-22(13-4-2)20(24)17(15-16-9-6-5-7-10-16)21-19(23)18-11-8-14-25-18/h5-11,14,17H,3-4,12-13,15H2,1-2H3,(H,21,23). The lowest BCUT2D eigenvalue weighted by molar-refractivity contribution is -0.133. The van der Waals surface area contributed by atoms with Gasteiger partial charge in [-0.3, -0.25) is 9.59 Å². The molecule has 0 aliphatic heterocycles. The number of rotatable bonds is 9. The number of benzene rings is 1. The minimum absolute atomic E-state index is 0.0486. The van der Waals surface area contributed by atoms with Crippen LogP contribution in [0.1, 0.15) is 42.8 Å². The van der Waals surface area contributed by atoms with E-state index in [2.05, 4.69) is 5.32 Å². The van der Waals surface area contributed by atoms with Crippen LogP contribution in [0.25, 0.3) is 0 Å². The van der Waals surface area contributed by atoms with Gasteiger partial charge in [-0.15, -0.1) is 0 Å². The van der Waals surface area contributed by atoms with Crippen molar-refractivity contribution in [1.29, 1.82) is 0 Å². The van der Waals surface area contributed by atoms with Crippen LogP contribution < -0.4 is 5.32 Å². The van der Waals surface area contributed by atoms with Crippen molar-refractivity contribution >= 4 is 11.8 Å². The van der Waals surface area contributed by atoms with Crippen LogP contribution in [0.2, 0.25) is 0 Å². The van der Waals surface area contributed by atoms with Gasteiger partial charge in [0.1, 0.15) is 6.04 Å². The molecule has 25 heavy (non-hydrogen) atoms. The third-order valence-corrected chi connectivity index (χ3v) is 3.93. The fourth-order valence-corrected chi connectivity index (χ4v) is 2.78. The third-order valence-electron chi connectivity index (χ3n) is 3.93. The highest BCUT2D eigenvalue weighted by atomic mass is 16.3. The van der Waals surface area contributed by atoms with Crippen LogP contribution in [0.5, 0.6) is 0 Å². The van der Waals surface area contributed by atoms with Crippen molar-refractivity contribution in [3.05, 3.63) is 60.1 Å². The number of hydrogen-bond acceptors (Lipinski definition) is 3. The van der Waals surface area contributed by atoms with E-state index in [1.54, 1.807) is 12.1 Å². The number of carbonyl (C=O) groups is 2. The van der Waals surface area contributed by atoms with E-state index in [4.69, 9.17) is 4.42 Å². The molecule has 0 aliphatic carbocycles. The summed E-state index contributed by atoms with van der Waals surface area (Å²) in [4.78, 5) is 27.2. The predicted octanol–water partition coefficient (Wildman–Crippen LogP) is 3.27. The number of furan rings is 1. The molecule has 0 saturated carbocycles. The van der Waals surface area contributed by atoms with E-state index < -0.39 is 6.04 Å². The first-order chi connectivity index (χ1) is 12.2. The van der Waals surface area contributed by atoms with Crippen LogP contribution in [-0.2, 0) is 11.2 Å². The van der Waals surface area contributed by atoms with Crippen molar-refractivity contribution in [2.24, 2.45) is 0 Å². The monoisotopic (exact) mass is 342 g/mol. The molecule has 2 rings (SSSR count). The quantitative estimate of drug-likeness (QED) is 0.761. The van der Waals surface area contributed by atoms with Gasteiger partial charge in [0.2, 0.25) is 5.91 Å². The Morgan fingerprint density at radius 2 is 1.72 bits per heavy atom. The van der Waals surface area contributed by atoms with Gasteiger partial charge in [-0.05, 0) is 30.5 Å². The summed E-state index contributed by atoms with van der Waals surface area (Å²) in [6, 6.07) is 12.4. The van der Waals surface area contributed by atoms with Crippen molar-refractivity contribution in [3.63, 3.8) is 0 Å². The third kappa shape index (κ3) is 5.48. The lowest BCUT2D eigenvalue weighted by atomic mass is 10.0. The van der Waals surface area contributed by atoms with Crippen LogP contribution in [0, 0.1) is 0 Å². The van der Waals surface area contributed by atoms with Crippen LogP contribution in [0.15, 0.2) is 53.1 Å². The van der Waals surface area contributed by atoms with Gasteiger partial charge < -0.3 is 14.6 Å². The summed E-state index contributed by atoms with van der Waals surface area (Å²) in [6.45, 7) is 5.47. The fourth-order valence-electron chi connectivity index (χ4n) is 2.78. The van der Waals surface area contributed by atoms with Gasteiger partial charge in [0.05, 0.1) is 6.26 Å². The SMILES string of the molecule is CCCN(CCC)C(=O)C(Cc1ccccc1)NC(=O)c1ccco1. The Balaban J connectivity index is 2.17. The lowest BCUT2D eigenvalue weighted by Crippen LogP contribution is -2.50. The van der Waals surface area contributed by atoms with E-state index in [0.717, 1.165) is 18.4 Å². The highest BCUT2D eigenvalue weighted by Gasteiger charge is 2.26. The predicted molar refractivity (Wildman–Crippen MR) is 97.3 cm³/mol. The molecular formula is C20H26N2O3. The molecule has 0 radical (unpaired) electrons. The summed E-state index contributed by atoms with van der Waals surface area (Å²) in [7, 11) is 0.